The molecule has 1 aromatic heterocycles. The first-order chi connectivity index (χ1) is 9.69. The number of esters is 1. The molecule has 1 atom stereocenters. The van der Waals surface area contributed by atoms with Crippen molar-refractivity contribution in [3.63, 3.8) is 0 Å². The number of carbonyl (C=O) groups is 2. The Labute approximate surface area is 114 Å². The predicted molar refractivity (Wildman–Crippen MR) is 69.2 cm³/mol. The van der Waals surface area contributed by atoms with Crippen molar-refractivity contribution in [2.75, 3.05) is 12.4 Å². The summed E-state index contributed by atoms with van der Waals surface area (Å²) in [5, 5.41) is 6.78. The lowest BCUT2D eigenvalue weighted by molar-refractivity contribution is -0.117. The molecule has 0 unspecified atom stereocenters. The third-order valence-corrected chi connectivity index (χ3v) is 3.21. The van der Waals surface area contributed by atoms with Crippen LogP contribution in [0.15, 0.2) is 30.6 Å². The summed E-state index contributed by atoms with van der Waals surface area (Å²) in [5.41, 5.74) is 1.36. The molecule has 1 aliphatic heterocycles. The monoisotopic (exact) mass is 272 g/mol. The number of amides is 1. The zero-order valence-corrected chi connectivity index (χ0v) is 10.7. The zero-order chi connectivity index (χ0) is 14.1. The largest absolute Gasteiger partial charge is 0.465 e. The lowest BCUT2D eigenvalue weighted by Gasteiger charge is -2.23. The molecule has 102 valence electrons. The summed E-state index contributed by atoms with van der Waals surface area (Å²) >= 11 is 0. The average Bonchev–Trinajstić information content (AvgIpc) is 2.94. The standard InChI is InChI=1S/C13H12N4O3/c1-20-12(19)9-4-2-8(3-5-9)10-6-11(18)16-13-14-7-15-17(10)13/h2-5,7,10H,6H2,1H3,(H,14,15,16,18)/t10-/m0/s1. The number of hydrogen-bond donors (Lipinski definition) is 1. The van der Waals surface area contributed by atoms with Gasteiger partial charge in [0.2, 0.25) is 11.9 Å². The van der Waals surface area contributed by atoms with Gasteiger partial charge < -0.3 is 4.74 Å². The zero-order valence-electron chi connectivity index (χ0n) is 10.7. The lowest BCUT2D eigenvalue weighted by Crippen LogP contribution is -2.29. The topological polar surface area (TPSA) is 86.1 Å². The van der Waals surface area contributed by atoms with Crippen molar-refractivity contribution in [2.45, 2.75) is 12.5 Å². The van der Waals surface area contributed by atoms with Gasteiger partial charge in [-0.2, -0.15) is 10.1 Å². The molecule has 7 heteroatoms. The third-order valence-electron chi connectivity index (χ3n) is 3.21. The number of rotatable bonds is 2. The molecule has 0 fully saturated rings. The van der Waals surface area contributed by atoms with Gasteiger partial charge >= 0.3 is 5.97 Å². The quantitative estimate of drug-likeness (QED) is 0.824. The molecular weight excluding hydrogens is 260 g/mol. The molecule has 1 aliphatic rings. The van der Waals surface area contributed by atoms with Crippen molar-refractivity contribution in [3.8, 4) is 0 Å². The summed E-state index contributed by atoms with van der Waals surface area (Å²) in [7, 11) is 1.34. The maximum Gasteiger partial charge on any atom is 0.337 e. The Bertz CT molecular complexity index is 663. The fourth-order valence-electron chi connectivity index (χ4n) is 2.22. The molecule has 1 aromatic carbocycles. The van der Waals surface area contributed by atoms with Crippen molar-refractivity contribution in [3.05, 3.63) is 41.7 Å². The van der Waals surface area contributed by atoms with E-state index in [9.17, 15) is 9.59 Å². The van der Waals surface area contributed by atoms with Crippen molar-refractivity contribution >= 4 is 17.8 Å². The number of ether oxygens (including phenoxy) is 1. The van der Waals surface area contributed by atoms with Crippen LogP contribution in [-0.2, 0) is 9.53 Å². The molecule has 20 heavy (non-hydrogen) atoms. The Balaban J connectivity index is 1.94. The highest BCUT2D eigenvalue weighted by atomic mass is 16.5. The van der Waals surface area contributed by atoms with Gasteiger partial charge in [0.25, 0.3) is 0 Å². The number of nitrogens with zero attached hydrogens (tertiary/aromatic N) is 3. The minimum Gasteiger partial charge on any atom is -0.465 e. The normalized spacial score (nSPS) is 17.2. The molecular formula is C13H12N4O3. The van der Waals surface area contributed by atoms with Crippen LogP contribution >= 0.6 is 0 Å². The number of hydrogen-bond acceptors (Lipinski definition) is 5. The summed E-state index contributed by atoms with van der Waals surface area (Å²) in [5.74, 6) is -0.0600. The number of nitrogens with one attached hydrogen (secondary N) is 1. The molecule has 3 rings (SSSR count). The first-order valence-corrected chi connectivity index (χ1v) is 6.06. The van der Waals surface area contributed by atoms with Gasteiger partial charge in [-0.05, 0) is 17.7 Å². The SMILES string of the molecule is COC(=O)c1ccc([C@@H]2CC(=O)Nc3ncnn32)cc1. The molecule has 0 saturated heterocycles. The minimum absolute atomic E-state index is 0.104. The maximum atomic E-state index is 11.7. The van der Waals surface area contributed by atoms with E-state index < -0.39 is 0 Å². The molecule has 0 saturated carbocycles. The number of carbonyl (C=O) groups excluding carboxylic acids is 2. The van der Waals surface area contributed by atoms with Gasteiger partial charge in [-0.3, -0.25) is 10.1 Å². The highest BCUT2D eigenvalue weighted by molar-refractivity contribution is 5.91. The summed E-state index contributed by atoms with van der Waals surface area (Å²) in [6.07, 6.45) is 1.69. The smallest absolute Gasteiger partial charge is 0.337 e. The third kappa shape index (κ3) is 2.03. The molecule has 2 heterocycles. The fraction of sp³-hybridized carbons (Fsp3) is 0.231. The van der Waals surface area contributed by atoms with Gasteiger partial charge in [0, 0.05) is 0 Å². The molecule has 0 radical (unpaired) electrons. The summed E-state index contributed by atoms with van der Waals surface area (Å²) in [4.78, 5) is 27.0. The van der Waals surface area contributed by atoms with Crippen LogP contribution in [0.1, 0.15) is 28.4 Å². The van der Waals surface area contributed by atoms with Crippen molar-refractivity contribution in [1.29, 1.82) is 0 Å². The van der Waals surface area contributed by atoms with Gasteiger partial charge in [0.1, 0.15) is 6.33 Å². The second-order valence-corrected chi connectivity index (χ2v) is 4.41. The van der Waals surface area contributed by atoms with E-state index in [1.807, 2.05) is 0 Å². The Morgan fingerprint density at radius 2 is 2.15 bits per heavy atom. The van der Waals surface area contributed by atoms with Crippen molar-refractivity contribution in [2.24, 2.45) is 0 Å². The van der Waals surface area contributed by atoms with E-state index in [0.29, 0.717) is 11.5 Å². The minimum atomic E-state index is -0.389. The highest BCUT2D eigenvalue weighted by Gasteiger charge is 2.27. The van der Waals surface area contributed by atoms with Crippen LogP contribution in [0.2, 0.25) is 0 Å². The van der Waals surface area contributed by atoms with E-state index in [-0.39, 0.29) is 24.3 Å². The van der Waals surface area contributed by atoms with Crippen LogP contribution in [0.4, 0.5) is 5.95 Å². The number of fused-ring (bicyclic) bond motifs is 1. The molecule has 2 aromatic rings. The molecule has 0 spiro atoms. The first kappa shape index (κ1) is 12.3. The Kier molecular flexibility index (Phi) is 2.94. The van der Waals surface area contributed by atoms with E-state index in [0.717, 1.165) is 5.56 Å². The number of aromatic nitrogens is 3. The molecule has 7 nitrogen and oxygen atoms in total. The summed E-state index contributed by atoms with van der Waals surface area (Å²) in [6, 6.07) is 6.71. The lowest BCUT2D eigenvalue weighted by atomic mass is 10.0. The molecule has 1 amide bonds. The van der Waals surface area contributed by atoms with Crippen LogP contribution in [0.3, 0.4) is 0 Å². The van der Waals surface area contributed by atoms with Crippen molar-refractivity contribution in [1.82, 2.24) is 14.8 Å². The Morgan fingerprint density at radius 3 is 2.85 bits per heavy atom. The van der Waals surface area contributed by atoms with Crippen LogP contribution in [0, 0.1) is 0 Å². The van der Waals surface area contributed by atoms with E-state index >= 15 is 0 Å². The average molecular weight is 272 g/mol. The number of benzene rings is 1. The first-order valence-electron chi connectivity index (χ1n) is 6.06. The second kappa shape index (κ2) is 4.76. The van der Waals surface area contributed by atoms with E-state index in [1.54, 1.807) is 28.9 Å². The van der Waals surface area contributed by atoms with Crippen LogP contribution in [0.5, 0.6) is 0 Å². The Morgan fingerprint density at radius 1 is 1.40 bits per heavy atom. The fourth-order valence-corrected chi connectivity index (χ4v) is 2.22. The van der Waals surface area contributed by atoms with Crippen LogP contribution < -0.4 is 5.32 Å². The van der Waals surface area contributed by atoms with Gasteiger partial charge in [-0.1, -0.05) is 12.1 Å². The van der Waals surface area contributed by atoms with E-state index in [4.69, 9.17) is 0 Å². The van der Waals surface area contributed by atoms with Gasteiger partial charge in [-0.25, -0.2) is 9.48 Å². The number of anilines is 1. The van der Waals surface area contributed by atoms with Gasteiger partial charge in [-0.15, -0.1) is 0 Å². The molecule has 0 bridgehead atoms. The maximum absolute atomic E-state index is 11.7. The highest BCUT2D eigenvalue weighted by Crippen LogP contribution is 2.28. The van der Waals surface area contributed by atoms with Gasteiger partial charge in [0.15, 0.2) is 0 Å². The predicted octanol–water partition coefficient (Wildman–Crippen LogP) is 0.996. The van der Waals surface area contributed by atoms with Crippen LogP contribution in [0.25, 0.3) is 0 Å². The second-order valence-electron chi connectivity index (χ2n) is 4.41. The van der Waals surface area contributed by atoms with Gasteiger partial charge in [0.05, 0.1) is 25.1 Å². The summed E-state index contributed by atoms with van der Waals surface area (Å²) < 4.78 is 6.31. The molecule has 0 aliphatic carbocycles. The number of methoxy groups -OCH3 is 1. The molecule has 1 N–H and O–H groups in total. The van der Waals surface area contributed by atoms with Crippen molar-refractivity contribution < 1.29 is 14.3 Å². The Hall–Kier alpha value is -2.70. The summed E-state index contributed by atoms with van der Waals surface area (Å²) in [6.45, 7) is 0. The van der Waals surface area contributed by atoms with Crippen LogP contribution in [-0.4, -0.2) is 33.8 Å². The van der Waals surface area contributed by atoms with E-state index in [1.165, 1.54) is 13.4 Å². The van der Waals surface area contributed by atoms with E-state index in [2.05, 4.69) is 20.1 Å².